The van der Waals surface area contributed by atoms with Gasteiger partial charge >= 0.3 is 0 Å². The number of carbonyl (C=O) groups is 1. The summed E-state index contributed by atoms with van der Waals surface area (Å²) in [5.74, 6) is -0.190. The number of amides is 1. The van der Waals surface area contributed by atoms with Gasteiger partial charge in [-0.1, -0.05) is 242 Å². The predicted molar refractivity (Wildman–Crippen MR) is 290 cm³/mol. The molecule has 1 amide bonds. The summed E-state index contributed by atoms with van der Waals surface area (Å²) < 4.78 is 11.3. The Morgan fingerprint density at radius 2 is 0.870 bits per heavy atom. The maximum Gasteiger partial charge on any atom is 0.220 e. The van der Waals surface area contributed by atoms with Gasteiger partial charge in [-0.25, -0.2) is 0 Å². The molecule has 9 nitrogen and oxygen atoms in total. The maximum atomic E-state index is 13.1. The van der Waals surface area contributed by atoms with Gasteiger partial charge < -0.3 is 40.3 Å². The fourth-order valence-corrected chi connectivity index (χ4v) is 8.95. The fraction of sp³-hybridized carbons (Fsp3) is 0.817. The number of ether oxygens (including phenoxy) is 2. The first-order valence-corrected chi connectivity index (χ1v) is 29.0. The fourth-order valence-electron chi connectivity index (χ4n) is 8.95. The van der Waals surface area contributed by atoms with Crippen LogP contribution in [-0.4, -0.2) is 87.5 Å². The second-order valence-electron chi connectivity index (χ2n) is 20.1. The lowest BCUT2D eigenvalue weighted by Crippen LogP contribution is -2.60. The Bertz CT molecular complexity index is 1270. The van der Waals surface area contributed by atoms with E-state index in [0.29, 0.717) is 6.42 Å². The molecule has 1 rings (SSSR count). The summed E-state index contributed by atoms with van der Waals surface area (Å²) in [4.78, 5) is 13.1. The number of unbranched alkanes of at least 4 members (excludes halogenated alkanes) is 31. The van der Waals surface area contributed by atoms with E-state index >= 15 is 0 Å². The molecule has 0 radical (unpaired) electrons. The summed E-state index contributed by atoms with van der Waals surface area (Å²) in [7, 11) is 0. The molecule has 9 heteroatoms. The van der Waals surface area contributed by atoms with Crippen LogP contribution in [0.15, 0.2) is 60.8 Å². The normalized spacial score (nSPS) is 19.9. The Balaban J connectivity index is 2.26. The molecule has 1 saturated heterocycles. The van der Waals surface area contributed by atoms with Gasteiger partial charge in [0.05, 0.1) is 25.4 Å². The lowest BCUT2D eigenvalue weighted by molar-refractivity contribution is -0.302. The van der Waals surface area contributed by atoms with Gasteiger partial charge in [-0.05, 0) is 70.6 Å². The lowest BCUT2D eigenvalue weighted by Gasteiger charge is -2.40. The molecule has 402 valence electrons. The average Bonchev–Trinajstić information content (AvgIpc) is 3.35. The van der Waals surface area contributed by atoms with Crippen molar-refractivity contribution in [3.63, 3.8) is 0 Å². The lowest BCUT2D eigenvalue weighted by atomic mass is 9.99. The van der Waals surface area contributed by atoms with Crippen molar-refractivity contribution in [2.45, 2.75) is 301 Å². The number of carbonyl (C=O) groups excluding carboxylic acids is 1. The second kappa shape index (κ2) is 49.5. The van der Waals surface area contributed by atoms with Gasteiger partial charge in [0.15, 0.2) is 6.29 Å². The van der Waals surface area contributed by atoms with Crippen molar-refractivity contribution >= 4 is 5.91 Å². The molecule has 0 bridgehead atoms. The number of rotatable bonds is 49. The number of hydrogen-bond donors (Lipinski definition) is 6. The summed E-state index contributed by atoms with van der Waals surface area (Å²) in [5.41, 5.74) is 0. The van der Waals surface area contributed by atoms with Gasteiger partial charge in [0.2, 0.25) is 5.91 Å². The monoisotopic (exact) mass is 972 g/mol. The molecule has 0 aromatic carbocycles. The Morgan fingerprint density at radius 3 is 1.32 bits per heavy atom. The van der Waals surface area contributed by atoms with Gasteiger partial charge in [-0.3, -0.25) is 4.79 Å². The highest BCUT2D eigenvalue weighted by molar-refractivity contribution is 5.76. The number of hydrogen-bond acceptors (Lipinski definition) is 8. The van der Waals surface area contributed by atoms with Gasteiger partial charge in [-0.2, -0.15) is 0 Å². The van der Waals surface area contributed by atoms with Crippen molar-refractivity contribution in [2.75, 3.05) is 13.2 Å². The minimum Gasteiger partial charge on any atom is -0.394 e. The zero-order valence-corrected chi connectivity index (χ0v) is 44.6. The van der Waals surface area contributed by atoms with E-state index in [9.17, 15) is 30.3 Å². The Morgan fingerprint density at radius 1 is 0.493 bits per heavy atom. The van der Waals surface area contributed by atoms with E-state index in [0.717, 1.165) is 51.4 Å². The third-order valence-electron chi connectivity index (χ3n) is 13.6. The molecular formula is C60H109NO8. The molecule has 0 aromatic rings. The van der Waals surface area contributed by atoms with Crippen LogP contribution in [0.3, 0.4) is 0 Å². The van der Waals surface area contributed by atoms with Crippen molar-refractivity contribution in [3.8, 4) is 0 Å². The number of nitrogens with one attached hydrogen (secondary N) is 1. The molecular weight excluding hydrogens is 863 g/mol. The van der Waals surface area contributed by atoms with Crippen molar-refractivity contribution in [1.82, 2.24) is 5.32 Å². The number of allylic oxidation sites excluding steroid dienone is 9. The Hall–Kier alpha value is -2.11. The highest BCUT2D eigenvalue weighted by atomic mass is 16.7. The SMILES string of the molecule is CCCCCCC/C=C\C/C=C\C/C=C\CCCCCCCCCCCCC(=O)NC(COC1OC(CO)C(O)C(O)C1O)C(O)/C=C/CC/C=C/CCCCCCCCCCCCCCCCC. The molecule has 0 aromatic heterocycles. The third kappa shape index (κ3) is 39.1. The average molecular weight is 973 g/mol. The quantitative estimate of drug-likeness (QED) is 0.0261. The second-order valence-corrected chi connectivity index (χ2v) is 20.1. The van der Waals surface area contributed by atoms with E-state index in [4.69, 9.17) is 9.47 Å². The molecule has 7 unspecified atom stereocenters. The highest BCUT2D eigenvalue weighted by Gasteiger charge is 2.44. The summed E-state index contributed by atoms with van der Waals surface area (Å²) in [6.45, 7) is 3.77. The van der Waals surface area contributed by atoms with Crippen LogP contribution in [0.25, 0.3) is 0 Å². The molecule has 1 heterocycles. The minimum absolute atomic E-state index is 0.190. The first-order valence-electron chi connectivity index (χ1n) is 29.0. The summed E-state index contributed by atoms with van der Waals surface area (Å²) in [6, 6.07) is -0.827. The van der Waals surface area contributed by atoms with E-state index in [1.54, 1.807) is 6.08 Å². The minimum atomic E-state index is -1.58. The van der Waals surface area contributed by atoms with Crippen LogP contribution in [0.1, 0.15) is 258 Å². The van der Waals surface area contributed by atoms with Gasteiger partial charge in [0.25, 0.3) is 0 Å². The molecule has 6 N–H and O–H groups in total. The van der Waals surface area contributed by atoms with E-state index in [2.05, 4.69) is 67.8 Å². The van der Waals surface area contributed by atoms with Crippen molar-refractivity contribution in [2.24, 2.45) is 0 Å². The zero-order chi connectivity index (χ0) is 50.1. The molecule has 0 spiro atoms. The Labute approximate surface area is 424 Å². The maximum absolute atomic E-state index is 13.1. The number of aliphatic hydroxyl groups is 5. The van der Waals surface area contributed by atoms with Gasteiger partial charge in [0, 0.05) is 6.42 Å². The van der Waals surface area contributed by atoms with Crippen molar-refractivity contribution < 1.29 is 39.8 Å². The molecule has 0 aliphatic carbocycles. The van der Waals surface area contributed by atoms with Crippen LogP contribution in [0.5, 0.6) is 0 Å². The summed E-state index contributed by atoms with van der Waals surface area (Å²) in [6.07, 6.45) is 59.9. The van der Waals surface area contributed by atoms with Crippen LogP contribution >= 0.6 is 0 Å². The topological polar surface area (TPSA) is 149 Å². The van der Waals surface area contributed by atoms with Crippen LogP contribution in [-0.2, 0) is 14.3 Å². The largest absolute Gasteiger partial charge is 0.394 e. The van der Waals surface area contributed by atoms with Gasteiger partial charge in [-0.15, -0.1) is 0 Å². The zero-order valence-electron chi connectivity index (χ0n) is 44.6. The molecule has 1 fully saturated rings. The predicted octanol–water partition coefficient (Wildman–Crippen LogP) is 14.3. The molecule has 0 saturated carbocycles. The third-order valence-corrected chi connectivity index (χ3v) is 13.6. The Kier molecular flexibility index (Phi) is 46.5. The van der Waals surface area contributed by atoms with Gasteiger partial charge in [0.1, 0.15) is 24.4 Å². The summed E-state index contributed by atoms with van der Waals surface area (Å²) >= 11 is 0. The van der Waals surface area contributed by atoms with Crippen LogP contribution in [0, 0.1) is 0 Å². The first-order chi connectivity index (χ1) is 33.8. The standard InChI is InChI=1S/C60H109NO8/c1-3-5-7-9-11-13-15-17-19-21-23-25-26-27-28-30-32-34-36-38-40-42-44-46-48-50-56(64)61-53(52-68-60-59(67)58(66)57(65)55(51-62)69-60)54(63)49-47-45-43-41-39-37-35-33-31-29-24-22-20-18-16-14-12-10-8-6-4-2/h15,17,21,23,26-27,39,41,47,49,53-55,57-60,62-63,65-67H,3-14,16,18-20,22,24-25,28-38,40,42-46,48,50-52H2,1-2H3,(H,61,64)/b17-15-,23-21-,27-26-,41-39+,49-47+. The van der Waals surface area contributed by atoms with Crippen LogP contribution in [0.4, 0.5) is 0 Å². The highest BCUT2D eigenvalue weighted by Crippen LogP contribution is 2.23. The smallest absolute Gasteiger partial charge is 0.220 e. The van der Waals surface area contributed by atoms with E-state index in [1.165, 1.54) is 186 Å². The first kappa shape index (κ1) is 64.9. The van der Waals surface area contributed by atoms with E-state index in [1.807, 2.05) is 6.08 Å². The van der Waals surface area contributed by atoms with E-state index in [-0.39, 0.29) is 12.5 Å². The van der Waals surface area contributed by atoms with E-state index < -0.39 is 49.5 Å². The molecule has 7 atom stereocenters. The number of aliphatic hydroxyl groups excluding tert-OH is 5. The molecule has 1 aliphatic heterocycles. The van der Waals surface area contributed by atoms with Crippen LogP contribution < -0.4 is 5.32 Å². The van der Waals surface area contributed by atoms with Crippen molar-refractivity contribution in [3.05, 3.63) is 60.8 Å². The van der Waals surface area contributed by atoms with Crippen molar-refractivity contribution in [1.29, 1.82) is 0 Å². The molecule has 1 aliphatic rings. The summed E-state index contributed by atoms with van der Waals surface area (Å²) in [5, 5.41) is 54.5. The van der Waals surface area contributed by atoms with Crippen LogP contribution in [0.2, 0.25) is 0 Å². The molecule has 69 heavy (non-hydrogen) atoms.